The topological polar surface area (TPSA) is 71.5 Å². The average molecular weight is 476 g/mol. The van der Waals surface area contributed by atoms with Crippen LogP contribution in [0.15, 0.2) is 23.3 Å². The molecule has 0 saturated carbocycles. The van der Waals surface area contributed by atoms with Gasteiger partial charge in [-0.1, -0.05) is 6.92 Å². The van der Waals surface area contributed by atoms with E-state index in [2.05, 4.69) is 23.1 Å². The predicted octanol–water partition coefficient (Wildman–Crippen LogP) is 4.00. The van der Waals surface area contributed by atoms with Crippen LogP contribution in [0.4, 0.5) is 4.39 Å². The van der Waals surface area contributed by atoms with Crippen molar-refractivity contribution in [1.82, 2.24) is 15.2 Å². The zero-order valence-corrected chi connectivity index (χ0v) is 20.6. The molecule has 1 aromatic heterocycles. The lowest BCUT2D eigenvalue weighted by atomic mass is 9.82. The number of esters is 1. The number of aryl methyl sites for hydroxylation is 1. The van der Waals surface area contributed by atoms with Crippen LogP contribution in [0.25, 0.3) is 16.6 Å². The van der Waals surface area contributed by atoms with E-state index < -0.39 is 5.92 Å². The van der Waals surface area contributed by atoms with Gasteiger partial charge in [-0.05, 0) is 61.6 Å². The summed E-state index contributed by atoms with van der Waals surface area (Å²) in [5.74, 6) is -1.03. The molecule has 182 valence electrons. The summed E-state index contributed by atoms with van der Waals surface area (Å²) < 4.78 is 20.0. The number of nitrogens with one attached hydrogen (secondary N) is 1. The van der Waals surface area contributed by atoms with E-state index in [9.17, 15) is 14.0 Å². The Labute approximate surface area is 205 Å². The van der Waals surface area contributed by atoms with Gasteiger partial charge in [-0.15, -0.1) is 12.8 Å². The molecule has 1 aliphatic carbocycles. The number of fused-ring (bicyclic) bond motifs is 2. The third-order valence-electron chi connectivity index (χ3n) is 7.42. The van der Waals surface area contributed by atoms with Gasteiger partial charge in [0.2, 0.25) is 0 Å². The molecule has 0 fully saturated rings. The number of hydrogen-bond acceptors (Lipinski definition) is 6. The Balaban J connectivity index is 0.00000141. The first-order valence-electron chi connectivity index (χ1n) is 11.8. The van der Waals surface area contributed by atoms with E-state index >= 15 is 0 Å². The number of benzene rings is 1. The first-order chi connectivity index (χ1) is 16.9. The second kappa shape index (κ2) is 9.63. The molecule has 3 aliphatic rings. The number of carbonyl (C=O) groups excluding carboxylic acids is 2. The molecular formula is C28H30FN3O3. The van der Waals surface area contributed by atoms with Crippen LogP contribution >= 0.6 is 0 Å². The van der Waals surface area contributed by atoms with Crippen LogP contribution in [0.1, 0.15) is 53.8 Å². The molecule has 0 spiro atoms. The Morgan fingerprint density at radius 1 is 1.34 bits per heavy atom. The number of pyridine rings is 1. The van der Waals surface area contributed by atoms with Crippen molar-refractivity contribution in [2.45, 2.75) is 45.7 Å². The summed E-state index contributed by atoms with van der Waals surface area (Å²) in [6, 6.07) is 1.70. The zero-order chi connectivity index (χ0) is 25.4. The van der Waals surface area contributed by atoms with Gasteiger partial charge < -0.3 is 15.0 Å². The number of aldehydes is 1. The summed E-state index contributed by atoms with van der Waals surface area (Å²) in [6.07, 6.45) is 12.9. The Bertz CT molecular complexity index is 1310. The fourth-order valence-corrected chi connectivity index (χ4v) is 5.63. The van der Waals surface area contributed by atoms with Crippen LogP contribution in [0, 0.1) is 31.5 Å². The number of nitrogens with zero attached hydrogens (tertiary/aromatic N) is 2. The van der Waals surface area contributed by atoms with Crippen molar-refractivity contribution >= 4 is 28.9 Å². The molecule has 1 N–H and O–H groups in total. The highest BCUT2D eigenvalue weighted by Crippen LogP contribution is 2.45. The zero-order valence-electron chi connectivity index (χ0n) is 20.6. The number of hydrogen-bond donors (Lipinski definition) is 1. The largest absolute Gasteiger partial charge is 0.460 e. The fourth-order valence-electron chi connectivity index (χ4n) is 5.63. The molecule has 0 bridgehead atoms. The number of allylic oxidation sites excluding steroid dienone is 1. The number of carbonyl (C=O) groups is 2. The number of cyclic esters (lactones) is 1. The lowest BCUT2D eigenvalue weighted by Gasteiger charge is -2.28. The molecule has 3 heterocycles. The molecule has 7 heteroatoms. The van der Waals surface area contributed by atoms with E-state index in [0.29, 0.717) is 35.2 Å². The monoisotopic (exact) mass is 475 g/mol. The lowest BCUT2D eigenvalue weighted by Crippen LogP contribution is -2.27. The molecule has 0 radical (unpaired) electrons. The maximum atomic E-state index is 14.8. The van der Waals surface area contributed by atoms with E-state index in [1.807, 2.05) is 34.0 Å². The third kappa shape index (κ3) is 3.82. The normalized spacial score (nSPS) is 22.1. The lowest BCUT2D eigenvalue weighted by molar-refractivity contribution is -0.147. The van der Waals surface area contributed by atoms with Crippen molar-refractivity contribution in [2.75, 3.05) is 20.7 Å². The van der Waals surface area contributed by atoms with Crippen LogP contribution in [0.3, 0.4) is 0 Å². The van der Waals surface area contributed by atoms with Crippen molar-refractivity contribution in [2.24, 2.45) is 5.92 Å². The van der Waals surface area contributed by atoms with Gasteiger partial charge in [0.15, 0.2) is 0 Å². The van der Waals surface area contributed by atoms with Crippen molar-refractivity contribution in [3.8, 4) is 12.8 Å². The van der Waals surface area contributed by atoms with Crippen LogP contribution in [-0.2, 0) is 27.3 Å². The van der Waals surface area contributed by atoms with Crippen molar-refractivity contribution in [3.05, 3.63) is 57.1 Å². The minimum absolute atomic E-state index is 0.0133. The van der Waals surface area contributed by atoms with E-state index in [4.69, 9.17) is 9.72 Å². The van der Waals surface area contributed by atoms with Crippen molar-refractivity contribution in [1.29, 1.82) is 0 Å². The smallest absolute Gasteiger partial charge is 0.313 e. The number of aromatic nitrogens is 1. The molecule has 5 rings (SSSR count). The van der Waals surface area contributed by atoms with E-state index in [1.54, 1.807) is 0 Å². The molecule has 1 aromatic carbocycles. The highest BCUT2D eigenvalue weighted by molar-refractivity contribution is 5.93. The Morgan fingerprint density at radius 2 is 2.09 bits per heavy atom. The first-order valence-corrected chi connectivity index (χ1v) is 11.8. The summed E-state index contributed by atoms with van der Waals surface area (Å²) in [4.78, 5) is 31.2. The average Bonchev–Trinajstić information content (AvgIpc) is 3.18. The van der Waals surface area contributed by atoms with Crippen molar-refractivity contribution < 1.29 is 18.7 Å². The van der Waals surface area contributed by atoms with Crippen molar-refractivity contribution in [3.63, 3.8) is 0 Å². The standard InChI is InChI=1S/C26H28FN3O3.C2H2/c1-5-15-17(14(11-31)12-33-26(15)32)8-22-25-18(10-30(22)4)24-20(28-3)7-6-16-13(2)19(27)9-21(29-25)23(16)24;1-2/h8-9,11,15,20,28H,5-7,10,12H2,1-4H3;1-2H/b22-8-;. The molecule has 2 unspecified atom stereocenters. The molecule has 0 amide bonds. The molecule has 35 heavy (non-hydrogen) atoms. The summed E-state index contributed by atoms with van der Waals surface area (Å²) in [5, 5.41) is 4.50. The molecule has 2 atom stereocenters. The molecule has 2 aromatic rings. The Hall–Kier alpha value is -3.50. The van der Waals surface area contributed by atoms with Gasteiger partial charge in [0.05, 0.1) is 22.8 Å². The fraction of sp³-hybridized carbons (Fsp3) is 0.393. The number of ether oxygens (including phenoxy) is 1. The summed E-state index contributed by atoms with van der Waals surface area (Å²) >= 11 is 0. The van der Waals surface area contributed by atoms with Gasteiger partial charge in [-0.3, -0.25) is 9.59 Å². The SMILES string of the molecule is C#C.CCC1C(=O)OCC(C=O)=C1/C=C1/c2nc3cc(F)c(C)c4c3c(c2CN1C)C(NC)CC4. The second-order valence-corrected chi connectivity index (χ2v) is 9.14. The van der Waals surface area contributed by atoms with Gasteiger partial charge in [-0.2, -0.15) is 0 Å². The van der Waals surface area contributed by atoms with Crippen LogP contribution in [-0.4, -0.2) is 42.8 Å². The summed E-state index contributed by atoms with van der Waals surface area (Å²) in [6.45, 7) is 4.41. The Morgan fingerprint density at radius 3 is 2.74 bits per heavy atom. The quantitative estimate of drug-likeness (QED) is 0.410. The number of terminal acetylenes is 1. The van der Waals surface area contributed by atoms with Gasteiger partial charge in [0, 0.05) is 42.2 Å². The predicted molar refractivity (Wildman–Crippen MR) is 134 cm³/mol. The first kappa shape index (κ1) is 24.6. The van der Waals surface area contributed by atoms with Crippen LogP contribution in [0.2, 0.25) is 0 Å². The third-order valence-corrected chi connectivity index (χ3v) is 7.42. The number of halogens is 1. The highest BCUT2D eigenvalue weighted by atomic mass is 19.1. The van der Waals surface area contributed by atoms with E-state index in [-0.39, 0.29) is 24.4 Å². The van der Waals surface area contributed by atoms with Gasteiger partial charge in [-0.25, -0.2) is 9.37 Å². The van der Waals surface area contributed by atoms with Gasteiger partial charge >= 0.3 is 5.97 Å². The molecular weight excluding hydrogens is 445 g/mol. The van der Waals surface area contributed by atoms with E-state index in [1.165, 1.54) is 11.6 Å². The summed E-state index contributed by atoms with van der Waals surface area (Å²) in [5.41, 5.74) is 7.53. The maximum absolute atomic E-state index is 14.8. The van der Waals surface area contributed by atoms with Crippen LogP contribution < -0.4 is 5.32 Å². The molecule has 0 saturated heterocycles. The molecule has 2 aliphatic heterocycles. The Kier molecular flexibility index (Phi) is 6.77. The second-order valence-electron chi connectivity index (χ2n) is 9.14. The van der Waals surface area contributed by atoms with E-state index in [0.717, 1.165) is 47.0 Å². The molecule has 6 nitrogen and oxygen atoms in total. The highest BCUT2D eigenvalue weighted by Gasteiger charge is 2.35. The maximum Gasteiger partial charge on any atom is 0.313 e. The summed E-state index contributed by atoms with van der Waals surface area (Å²) in [7, 11) is 3.94. The minimum Gasteiger partial charge on any atom is -0.460 e. The number of rotatable bonds is 4. The van der Waals surface area contributed by atoms with Gasteiger partial charge in [0.1, 0.15) is 18.7 Å². The minimum atomic E-state index is -0.487. The van der Waals surface area contributed by atoms with Gasteiger partial charge in [0.25, 0.3) is 0 Å². The van der Waals surface area contributed by atoms with Crippen LogP contribution in [0.5, 0.6) is 0 Å².